The Kier molecular flexibility index (Phi) is 9.18. The Morgan fingerprint density at radius 2 is 1.83 bits per heavy atom. The van der Waals surface area contributed by atoms with Crippen molar-refractivity contribution in [3.63, 3.8) is 0 Å². The van der Waals surface area contributed by atoms with Crippen molar-refractivity contribution in [2.45, 2.75) is 71.9 Å². The van der Waals surface area contributed by atoms with Crippen LogP contribution >= 0.6 is 0 Å². The molecule has 0 aliphatic rings. The van der Waals surface area contributed by atoms with Crippen LogP contribution in [0.3, 0.4) is 0 Å². The van der Waals surface area contributed by atoms with Crippen molar-refractivity contribution in [3.8, 4) is 0 Å². The minimum absolute atomic E-state index is 0.00789. The van der Waals surface area contributed by atoms with Crippen LogP contribution in [0.25, 0.3) is 0 Å². The summed E-state index contributed by atoms with van der Waals surface area (Å²) < 4.78 is 17.2. The maximum atomic E-state index is 11.9. The van der Waals surface area contributed by atoms with Crippen LogP contribution in [0.4, 0.5) is 0 Å². The second-order valence-electron chi connectivity index (χ2n) is 7.71. The highest BCUT2D eigenvalue weighted by Gasteiger charge is 2.41. The fourth-order valence-electron chi connectivity index (χ4n) is 2.16. The zero-order valence-electron chi connectivity index (χ0n) is 16.9. The second-order valence-corrected chi connectivity index (χ2v) is 12.5. The molecule has 0 fully saturated rings. The molecule has 24 heavy (non-hydrogen) atoms. The molecule has 140 valence electrons. The average Bonchev–Trinajstić information content (AvgIpc) is 2.46. The van der Waals surface area contributed by atoms with E-state index in [1.165, 1.54) is 0 Å². The number of hydrogen-bond donors (Lipinski definition) is 0. The Morgan fingerprint density at radius 3 is 2.21 bits per heavy atom. The number of methoxy groups -OCH3 is 1. The van der Waals surface area contributed by atoms with Crippen molar-refractivity contribution in [2.24, 2.45) is 5.92 Å². The molecule has 5 heteroatoms. The van der Waals surface area contributed by atoms with E-state index in [0.29, 0.717) is 12.2 Å². The first kappa shape index (κ1) is 23.1. The normalized spacial score (nSPS) is 17.1. The van der Waals surface area contributed by atoms with E-state index < -0.39 is 8.32 Å². The molecule has 0 rings (SSSR count). The molecule has 0 heterocycles. The molecule has 0 aliphatic carbocycles. The SMILES string of the molecule is C=C[C@H](OC)[C@@H](O[Si](C)(C)C(C)(C)C)[C@H](C)/C=C(/C)C(=O)OCC. The number of carbonyl (C=O) groups excluding carboxylic acids is 1. The van der Waals surface area contributed by atoms with Gasteiger partial charge in [-0.1, -0.05) is 39.8 Å². The molecule has 0 unspecified atom stereocenters. The molecule has 3 atom stereocenters. The van der Waals surface area contributed by atoms with Gasteiger partial charge in [-0.25, -0.2) is 4.79 Å². The van der Waals surface area contributed by atoms with E-state index in [4.69, 9.17) is 13.9 Å². The lowest BCUT2D eigenvalue weighted by Gasteiger charge is -2.42. The molecule has 0 bridgehead atoms. The number of carbonyl (C=O) groups is 1. The fraction of sp³-hybridized carbons (Fsp3) is 0.737. The average molecular weight is 357 g/mol. The number of esters is 1. The van der Waals surface area contributed by atoms with E-state index in [-0.39, 0.29) is 29.1 Å². The number of rotatable bonds is 9. The Bertz CT molecular complexity index is 449. The standard InChI is InChI=1S/C19H36O4Si/c1-11-16(21-8)17(23-24(9,10)19(5,6)7)14(3)13-15(4)18(20)22-12-2/h11,13-14,16-17H,1,12H2,2-10H3/b15-13-/t14-,16+,17+/m1/s1. The molecule has 0 amide bonds. The predicted molar refractivity (Wildman–Crippen MR) is 103 cm³/mol. The van der Waals surface area contributed by atoms with Gasteiger partial charge in [0, 0.05) is 18.6 Å². The number of ether oxygens (including phenoxy) is 2. The summed E-state index contributed by atoms with van der Waals surface area (Å²) in [6.07, 6.45) is 3.24. The Hall–Kier alpha value is -0.913. The number of hydrogen-bond acceptors (Lipinski definition) is 4. The van der Waals surface area contributed by atoms with Gasteiger partial charge in [0.25, 0.3) is 0 Å². The third-order valence-corrected chi connectivity index (χ3v) is 9.17. The van der Waals surface area contributed by atoms with E-state index in [1.54, 1.807) is 27.0 Å². The van der Waals surface area contributed by atoms with Crippen molar-refractivity contribution in [3.05, 3.63) is 24.3 Å². The van der Waals surface area contributed by atoms with Gasteiger partial charge < -0.3 is 13.9 Å². The van der Waals surface area contributed by atoms with Crippen LogP contribution in [0.15, 0.2) is 24.3 Å². The summed E-state index contributed by atoms with van der Waals surface area (Å²) >= 11 is 0. The monoisotopic (exact) mass is 356 g/mol. The molecule has 0 aromatic carbocycles. The zero-order chi connectivity index (χ0) is 19.1. The quantitative estimate of drug-likeness (QED) is 0.259. The molecular formula is C19H36O4Si. The van der Waals surface area contributed by atoms with Crippen molar-refractivity contribution >= 4 is 14.3 Å². The minimum Gasteiger partial charge on any atom is -0.463 e. The van der Waals surface area contributed by atoms with Crippen LogP contribution in [0.1, 0.15) is 41.5 Å². The predicted octanol–water partition coefficient (Wildman–Crippen LogP) is 4.72. The van der Waals surface area contributed by atoms with Gasteiger partial charge in [-0.2, -0.15) is 0 Å². The van der Waals surface area contributed by atoms with Gasteiger partial charge in [0.2, 0.25) is 0 Å². The molecule has 0 N–H and O–H groups in total. The van der Waals surface area contributed by atoms with Crippen LogP contribution < -0.4 is 0 Å². The molecule has 0 aromatic rings. The summed E-state index contributed by atoms with van der Waals surface area (Å²) in [5.74, 6) is -0.297. The Balaban J connectivity index is 5.53. The lowest BCUT2D eigenvalue weighted by atomic mass is 9.97. The van der Waals surface area contributed by atoms with Gasteiger partial charge in [0.15, 0.2) is 8.32 Å². The van der Waals surface area contributed by atoms with Crippen LogP contribution in [-0.4, -0.2) is 40.2 Å². The first-order valence-electron chi connectivity index (χ1n) is 8.60. The Morgan fingerprint density at radius 1 is 1.29 bits per heavy atom. The van der Waals surface area contributed by atoms with Crippen LogP contribution in [-0.2, 0) is 18.7 Å². The van der Waals surface area contributed by atoms with Gasteiger partial charge >= 0.3 is 5.97 Å². The minimum atomic E-state index is -1.99. The highest BCUT2D eigenvalue weighted by Crippen LogP contribution is 2.39. The highest BCUT2D eigenvalue weighted by molar-refractivity contribution is 6.74. The van der Waals surface area contributed by atoms with Crippen LogP contribution in [0, 0.1) is 5.92 Å². The summed E-state index contributed by atoms with van der Waals surface area (Å²) in [5, 5.41) is 0.0876. The maximum Gasteiger partial charge on any atom is 0.333 e. The first-order valence-corrected chi connectivity index (χ1v) is 11.5. The summed E-state index contributed by atoms with van der Waals surface area (Å²) in [4.78, 5) is 11.9. The molecule has 0 aromatic heterocycles. The molecular weight excluding hydrogens is 320 g/mol. The maximum absolute atomic E-state index is 11.9. The van der Waals surface area contributed by atoms with E-state index in [1.807, 2.05) is 13.0 Å². The second kappa shape index (κ2) is 9.54. The zero-order valence-corrected chi connectivity index (χ0v) is 17.9. The van der Waals surface area contributed by atoms with Gasteiger partial charge in [-0.15, -0.1) is 6.58 Å². The van der Waals surface area contributed by atoms with Crippen molar-refractivity contribution in [1.82, 2.24) is 0 Å². The van der Waals surface area contributed by atoms with Crippen LogP contribution in [0.2, 0.25) is 18.1 Å². The molecule has 0 radical (unpaired) electrons. The molecule has 4 nitrogen and oxygen atoms in total. The molecule has 0 aliphatic heterocycles. The lowest BCUT2D eigenvalue weighted by Crippen LogP contribution is -2.49. The van der Waals surface area contributed by atoms with Crippen molar-refractivity contribution in [2.75, 3.05) is 13.7 Å². The van der Waals surface area contributed by atoms with E-state index in [0.717, 1.165) is 0 Å². The Labute approximate surface area is 149 Å². The highest BCUT2D eigenvalue weighted by atomic mass is 28.4. The van der Waals surface area contributed by atoms with Crippen molar-refractivity contribution < 1.29 is 18.7 Å². The van der Waals surface area contributed by atoms with E-state index >= 15 is 0 Å². The van der Waals surface area contributed by atoms with Crippen molar-refractivity contribution in [1.29, 1.82) is 0 Å². The molecule has 0 spiro atoms. The van der Waals surface area contributed by atoms with Crippen LogP contribution in [0.5, 0.6) is 0 Å². The van der Waals surface area contributed by atoms with E-state index in [2.05, 4.69) is 40.4 Å². The summed E-state index contributed by atoms with van der Waals surface area (Å²) in [6, 6.07) is 0. The van der Waals surface area contributed by atoms with Gasteiger partial charge in [-0.05, 0) is 32.0 Å². The first-order chi connectivity index (χ1) is 10.9. The fourth-order valence-corrected chi connectivity index (χ4v) is 3.54. The third kappa shape index (κ3) is 6.53. The van der Waals surface area contributed by atoms with Gasteiger partial charge in [0.1, 0.15) is 6.10 Å². The summed E-state index contributed by atoms with van der Waals surface area (Å²) in [6.45, 7) is 20.9. The van der Waals surface area contributed by atoms with Gasteiger partial charge in [0.05, 0.1) is 12.7 Å². The third-order valence-electron chi connectivity index (χ3n) is 4.69. The van der Waals surface area contributed by atoms with E-state index in [9.17, 15) is 4.79 Å². The molecule has 0 saturated carbocycles. The largest absolute Gasteiger partial charge is 0.463 e. The molecule has 0 saturated heterocycles. The summed E-state index contributed by atoms with van der Waals surface area (Å²) in [7, 11) is -0.337. The van der Waals surface area contributed by atoms with Gasteiger partial charge in [-0.3, -0.25) is 0 Å². The smallest absolute Gasteiger partial charge is 0.333 e. The topological polar surface area (TPSA) is 44.8 Å². The lowest BCUT2D eigenvalue weighted by molar-refractivity contribution is -0.138. The summed E-state index contributed by atoms with van der Waals surface area (Å²) in [5.41, 5.74) is 0.590.